The van der Waals surface area contributed by atoms with Crippen molar-refractivity contribution in [3.8, 4) is 0 Å². The highest BCUT2D eigenvalue weighted by Crippen LogP contribution is 2.23. The SMILES string of the molecule is CC(C)c1nc(C2CN(C(=O)c3ccc4ccccc4n3)CCO2)no1. The lowest BCUT2D eigenvalue weighted by molar-refractivity contribution is -0.0278. The van der Waals surface area contributed by atoms with Crippen molar-refractivity contribution in [1.29, 1.82) is 0 Å². The first kappa shape index (κ1) is 16.7. The molecule has 7 nitrogen and oxygen atoms in total. The normalized spacial score (nSPS) is 17.8. The predicted octanol–water partition coefficient (Wildman–Crippen LogP) is 2.95. The summed E-state index contributed by atoms with van der Waals surface area (Å²) in [5.41, 5.74) is 1.24. The molecule has 1 aliphatic heterocycles. The van der Waals surface area contributed by atoms with Gasteiger partial charge in [-0.15, -0.1) is 0 Å². The molecule has 1 saturated heterocycles. The molecule has 0 radical (unpaired) electrons. The van der Waals surface area contributed by atoms with Crippen LogP contribution in [-0.4, -0.2) is 45.6 Å². The van der Waals surface area contributed by atoms with Crippen LogP contribution in [0.25, 0.3) is 10.9 Å². The van der Waals surface area contributed by atoms with E-state index in [-0.39, 0.29) is 17.9 Å². The molecular formula is C19H20N4O3. The third-order valence-electron chi connectivity index (χ3n) is 4.41. The summed E-state index contributed by atoms with van der Waals surface area (Å²) in [6.45, 7) is 5.29. The number of morpholine rings is 1. The van der Waals surface area contributed by atoms with Crippen LogP contribution >= 0.6 is 0 Å². The van der Waals surface area contributed by atoms with Gasteiger partial charge in [0.25, 0.3) is 5.91 Å². The molecule has 3 aromatic rings. The van der Waals surface area contributed by atoms with Gasteiger partial charge in [-0.2, -0.15) is 4.98 Å². The van der Waals surface area contributed by atoms with Crippen LogP contribution in [0.5, 0.6) is 0 Å². The van der Waals surface area contributed by atoms with E-state index in [0.29, 0.717) is 37.1 Å². The Morgan fingerprint density at radius 3 is 2.85 bits per heavy atom. The van der Waals surface area contributed by atoms with Crippen LogP contribution < -0.4 is 0 Å². The maximum atomic E-state index is 12.9. The fraction of sp³-hybridized carbons (Fsp3) is 0.368. The third kappa shape index (κ3) is 3.17. The van der Waals surface area contributed by atoms with Gasteiger partial charge in [0.05, 0.1) is 18.7 Å². The standard InChI is InChI=1S/C19H20N4O3/c1-12(2)18-21-17(22-26-18)16-11-23(9-10-25-16)19(24)15-8-7-13-5-3-4-6-14(13)20-15/h3-8,12,16H,9-11H2,1-2H3. The Morgan fingerprint density at radius 2 is 2.04 bits per heavy atom. The summed E-state index contributed by atoms with van der Waals surface area (Å²) >= 11 is 0. The van der Waals surface area contributed by atoms with Crippen LogP contribution in [0.3, 0.4) is 0 Å². The second kappa shape index (κ2) is 6.84. The van der Waals surface area contributed by atoms with Gasteiger partial charge in [-0.25, -0.2) is 4.98 Å². The largest absolute Gasteiger partial charge is 0.366 e. The number of hydrogen-bond donors (Lipinski definition) is 0. The average molecular weight is 352 g/mol. The van der Waals surface area contributed by atoms with Gasteiger partial charge in [0.15, 0.2) is 0 Å². The lowest BCUT2D eigenvalue weighted by atomic mass is 10.2. The van der Waals surface area contributed by atoms with Crippen LogP contribution in [0.1, 0.15) is 48.1 Å². The zero-order valence-electron chi connectivity index (χ0n) is 14.8. The van der Waals surface area contributed by atoms with Crippen molar-refractivity contribution >= 4 is 16.8 Å². The van der Waals surface area contributed by atoms with Crippen molar-refractivity contribution in [1.82, 2.24) is 20.0 Å². The number of pyridine rings is 1. The number of ether oxygens (including phenoxy) is 1. The molecule has 26 heavy (non-hydrogen) atoms. The molecular weight excluding hydrogens is 332 g/mol. The number of hydrogen-bond acceptors (Lipinski definition) is 6. The van der Waals surface area contributed by atoms with Crippen molar-refractivity contribution in [3.63, 3.8) is 0 Å². The van der Waals surface area contributed by atoms with Crippen LogP contribution in [0.2, 0.25) is 0 Å². The van der Waals surface area contributed by atoms with Crippen molar-refractivity contribution in [2.45, 2.75) is 25.9 Å². The molecule has 0 N–H and O–H groups in total. The van der Waals surface area contributed by atoms with E-state index in [4.69, 9.17) is 9.26 Å². The summed E-state index contributed by atoms with van der Waals surface area (Å²) in [5.74, 6) is 1.09. The number of amides is 1. The third-order valence-corrected chi connectivity index (χ3v) is 4.41. The molecule has 1 aromatic carbocycles. The summed E-state index contributed by atoms with van der Waals surface area (Å²) in [7, 11) is 0. The molecule has 0 bridgehead atoms. The molecule has 7 heteroatoms. The summed E-state index contributed by atoms with van der Waals surface area (Å²) < 4.78 is 11.0. The number of nitrogens with zero attached hydrogens (tertiary/aromatic N) is 4. The second-order valence-electron chi connectivity index (χ2n) is 6.65. The van der Waals surface area contributed by atoms with E-state index in [1.807, 2.05) is 44.2 Å². The number of rotatable bonds is 3. The highest BCUT2D eigenvalue weighted by Gasteiger charge is 2.30. The van der Waals surface area contributed by atoms with Gasteiger partial charge >= 0.3 is 0 Å². The monoisotopic (exact) mass is 352 g/mol. The van der Waals surface area contributed by atoms with Gasteiger partial charge in [-0.3, -0.25) is 4.79 Å². The molecule has 0 spiro atoms. The summed E-state index contributed by atoms with van der Waals surface area (Å²) in [6.07, 6.45) is -0.385. The smallest absolute Gasteiger partial charge is 0.272 e. The number of para-hydroxylation sites is 1. The molecule has 1 amide bonds. The minimum Gasteiger partial charge on any atom is -0.366 e. The molecule has 1 unspecified atom stereocenters. The van der Waals surface area contributed by atoms with Gasteiger partial charge in [-0.05, 0) is 12.1 Å². The molecule has 2 aromatic heterocycles. The second-order valence-corrected chi connectivity index (χ2v) is 6.65. The number of fused-ring (bicyclic) bond motifs is 1. The van der Waals surface area contributed by atoms with Gasteiger partial charge in [0.1, 0.15) is 11.8 Å². The van der Waals surface area contributed by atoms with Crippen molar-refractivity contribution in [2.75, 3.05) is 19.7 Å². The van der Waals surface area contributed by atoms with Crippen LogP contribution in [0.15, 0.2) is 40.9 Å². The van der Waals surface area contributed by atoms with Crippen LogP contribution in [-0.2, 0) is 4.74 Å². The number of carbonyl (C=O) groups excluding carboxylic acids is 1. The molecule has 0 saturated carbocycles. The van der Waals surface area contributed by atoms with Crippen LogP contribution in [0, 0.1) is 0 Å². The van der Waals surface area contributed by atoms with Gasteiger partial charge < -0.3 is 14.2 Å². The maximum absolute atomic E-state index is 12.9. The van der Waals surface area contributed by atoms with Gasteiger partial charge in [0, 0.05) is 17.8 Å². The molecule has 1 fully saturated rings. The molecule has 0 aliphatic carbocycles. The lowest BCUT2D eigenvalue weighted by Crippen LogP contribution is -2.42. The first-order chi connectivity index (χ1) is 12.6. The molecule has 3 heterocycles. The van der Waals surface area contributed by atoms with E-state index in [0.717, 1.165) is 10.9 Å². The van der Waals surface area contributed by atoms with E-state index in [9.17, 15) is 4.79 Å². The first-order valence-corrected chi connectivity index (χ1v) is 8.72. The quantitative estimate of drug-likeness (QED) is 0.721. The van der Waals surface area contributed by atoms with Crippen molar-refractivity contribution in [2.24, 2.45) is 0 Å². The Bertz CT molecular complexity index is 937. The number of benzene rings is 1. The highest BCUT2D eigenvalue weighted by molar-refractivity contribution is 5.95. The zero-order valence-corrected chi connectivity index (χ0v) is 14.8. The van der Waals surface area contributed by atoms with E-state index in [1.54, 1.807) is 11.0 Å². The summed E-state index contributed by atoms with van der Waals surface area (Å²) in [6, 6.07) is 11.4. The van der Waals surface area contributed by atoms with Gasteiger partial charge in [-0.1, -0.05) is 43.3 Å². The minimum atomic E-state index is -0.385. The zero-order chi connectivity index (χ0) is 18.1. The minimum absolute atomic E-state index is 0.114. The van der Waals surface area contributed by atoms with E-state index >= 15 is 0 Å². The van der Waals surface area contributed by atoms with Crippen molar-refractivity contribution < 1.29 is 14.1 Å². The number of carbonyl (C=O) groups is 1. The predicted molar refractivity (Wildman–Crippen MR) is 94.7 cm³/mol. The lowest BCUT2D eigenvalue weighted by Gasteiger charge is -2.31. The Labute approximate surface area is 151 Å². The van der Waals surface area contributed by atoms with E-state index in [1.165, 1.54) is 0 Å². The Kier molecular flexibility index (Phi) is 4.38. The summed E-state index contributed by atoms with van der Waals surface area (Å²) in [4.78, 5) is 23.5. The Morgan fingerprint density at radius 1 is 1.19 bits per heavy atom. The molecule has 134 valence electrons. The van der Waals surface area contributed by atoms with E-state index < -0.39 is 0 Å². The topological polar surface area (TPSA) is 81.4 Å². The van der Waals surface area contributed by atoms with Crippen molar-refractivity contribution in [3.05, 3.63) is 53.8 Å². The summed E-state index contributed by atoms with van der Waals surface area (Å²) in [5, 5.41) is 5.01. The van der Waals surface area contributed by atoms with Crippen LogP contribution in [0.4, 0.5) is 0 Å². The Balaban J connectivity index is 1.53. The van der Waals surface area contributed by atoms with Gasteiger partial charge in [0.2, 0.25) is 11.7 Å². The number of aromatic nitrogens is 3. The average Bonchev–Trinajstić information content (AvgIpc) is 3.18. The fourth-order valence-electron chi connectivity index (χ4n) is 2.95. The highest BCUT2D eigenvalue weighted by atomic mass is 16.5. The molecule has 1 atom stereocenters. The van der Waals surface area contributed by atoms with E-state index in [2.05, 4.69) is 15.1 Å². The first-order valence-electron chi connectivity index (χ1n) is 8.72. The molecule has 1 aliphatic rings. The Hall–Kier alpha value is -2.80. The molecule has 4 rings (SSSR count). The fourth-order valence-corrected chi connectivity index (χ4v) is 2.95. The maximum Gasteiger partial charge on any atom is 0.272 e.